The summed E-state index contributed by atoms with van der Waals surface area (Å²) in [5.41, 5.74) is 1.52. The first kappa shape index (κ1) is 14.7. The number of nitrogens with zero attached hydrogens (tertiary/aromatic N) is 1. The zero-order chi connectivity index (χ0) is 15.6. The van der Waals surface area contributed by atoms with E-state index in [9.17, 15) is 18.7 Å². The number of anilines is 1. The Morgan fingerprint density at radius 3 is 2.67 bits per heavy atom. The molecule has 0 unspecified atom stereocenters. The molecule has 0 fully saturated rings. The SMILES string of the molecule is C/C(=N\Nc1ccc(F)cc1F)c1c(O)cc(C)oc1=O. The number of halogens is 2. The van der Waals surface area contributed by atoms with Gasteiger partial charge in [0.15, 0.2) is 5.82 Å². The van der Waals surface area contributed by atoms with E-state index < -0.39 is 17.3 Å². The lowest BCUT2D eigenvalue weighted by Gasteiger charge is -2.05. The highest BCUT2D eigenvalue weighted by Gasteiger charge is 2.13. The van der Waals surface area contributed by atoms with Gasteiger partial charge in [-0.3, -0.25) is 5.43 Å². The van der Waals surface area contributed by atoms with E-state index in [4.69, 9.17) is 4.42 Å². The van der Waals surface area contributed by atoms with Crippen LogP contribution >= 0.6 is 0 Å². The standard InChI is InChI=1S/C14H12F2N2O3/c1-7-5-12(19)13(14(20)21-7)8(2)17-18-11-4-3-9(15)6-10(11)16/h3-6,18-19H,1-2H3/b17-8+. The highest BCUT2D eigenvalue weighted by molar-refractivity contribution is 6.00. The Hall–Kier alpha value is -2.70. The van der Waals surface area contributed by atoms with Crippen LogP contribution in [0.3, 0.4) is 0 Å². The zero-order valence-corrected chi connectivity index (χ0v) is 11.3. The second-order valence-electron chi connectivity index (χ2n) is 4.34. The first-order valence-electron chi connectivity index (χ1n) is 5.98. The predicted octanol–water partition coefficient (Wildman–Crippen LogP) is 2.77. The minimum Gasteiger partial charge on any atom is -0.507 e. The van der Waals surface area contributed by atoms with Crippen molar-refractivity contribution in [2.75, 3.05) is 5.43 Å². The van der Waals surface area contributed by atoms with Crippen LogP contribution in [-0.2, 0) is 0 Å². The molecule has 2 rings (SSSR count). The molecule has 2 N–H and O–H groups in total. The lowest BCUT2D eigenvalue weighted by Crippen LogP contribution is -2.14. The van der Waals surface area contributed by atoms with Gasteiger partial charge in [0.2, 0.25) is 0 Å². The highest BCUT2D eigenvalue weighted by atomic mass is 19.1. The Balaban J connectivity index is 2.32. The molecular weight excluding hydrogens is 282 g/mol. The third-order valence-electron chi connectivity index (χ3n) is 2.69. The predicted molar refractivity (Wildman–Crippen MR) is 73.6 cm³/mol. The number of aryl methyl sites for hydroxylation is 1. The number of hydrogen-bond acceptors (Lipinski definition) is 5. The minimum absolute atomic E-state index is 0.0632. The van der Waals surface area contributed by atoms with Crippen LogP contribution in [0.2, 0.25) is 0 Å². The molecule has 0 saturated carbocycles. The van der Waals surface area contributed by atoms with Crippen molar-refractivity contribution in [3.63, 3.8) is 0 Å². The Morgan fingerprint density at radius 1 is 1.33 bits per heavy atom. The van der Waals surface area contributed by atoms with Crippen LogP contribution in [0.25, 0.3) is 0 Å². The van der Waals surface area contributed by atoms with E-state index >= 15 is 0 Å². The molecule has 0 aliphatic heterocycles. The second-order valence-corrected chi connectivity index (χ2v) is 4.34. The largest absolute Gasteiger partial charge is 0.507 e. The van der Waals surface area contributed by atoms with Crippen LogP contribution in [0, 0.1) is 18.6 Å². The summed E-state index contributed by atoms with van der Waals surface area (Å²) in [5.74, 6) is -1.57. The fraction of sp³-hybridized carbons (Fsp3) is 0.143. The fourth-order valence-corrected chi connectivity index (χ4v) is 1.71. The van der Waals surface area contributed by atoms with E-state index in [-0.39, 0.29) is 28.5 Å². The fourth-order valence-electron chi connectivity index (χ4n) is 1.71. The van der Waals surface area contributed by atoms with Crippen molar-refractivity contribution < 1.29 is 18.3 Å². The summed E-state index contributed by atoms with van der Waals surface area (Å²) in [4.78, 5) is 11.7. The van der Waals surface area contributed by atoms with Crippen LogP contribution in [0.1, 0.15) is 18.2 Å². The maximum absolute atomic E-state index is 13.4. The number of hydrogen-bond donors (Lipinski definition) is 2. The number of benzene rings is 1. The van der Waals surface area contributed by atoms with Gasteiger partial charge in [-0.2, -0.15) is 5.10 Å². The summed E-state index contributed by atoms with van der Waals surface area (Å²) in [6.45, 7) is 2.96. The van der Waals surface area contributed by atoms with Crippen molar-refractivity contribution in [1.29, 1.82) is 0 Å². The van der Waals surface area contributed by atoms with Gasteiger partial charge in [0.1, 0.15) is 22.9 Å². The molecule has 0 bridgehead atoms. The van der Waals surface area contributed by atoms with E-state index in [0.717, 1.165) is 6.07 Å². The van der Waals surface area contributed by atoms with Crippen LogP contribution in [0.15, 0.2) is 38.6 Å². The molecule has 1 aromatic heterocycles. The second kappa shape index (κ2) is 5.74. The van der Waals surface area contributed by atoms with Gasteiger partial charge in [-0.05, 0) is 26.0 Å². The van der Waals surface area contributed by atoms with Gasteiger partial charge < -0.3 is 9.52 Å². The molecule has 1 heterocycles. The maximum Gasteiger partial charge on any atom is 0.348 e. The lowest BCUT2D eigenvalue weighted by molar-refractivity contribution is 0.432. The molecule has 1 aromatic carbocycles. The normalized spacial score (nSPS) is 11.5. The van der Waals surface area contributed by atoms with Crippen LogP contribution < -0.4 is 11.1 Å². The van der Waals surface area contributed by atoms with Crippen molar-refractivity contribution in [1.82, 2.24) is 0 Å². The quantitative estimate of drug-likeness (QED) is 0.674. The molecule has 0 aliphatic rings. The average molecular weight is 294 g/mol. The molecule has 0 saturated heterocycles. The van der Waals surface area contributed by atoms with Crippen LogP contribution in [-0.4, -0.2) is 10.8 Å². The Bertz CT molecular complexity index is 769. The first-order valence-corrected chi connectivity index (χ1v) is 5.98. The zero-order valence-electron chi connectivity index (χ0n) is 11.3. The number of nitrogens with one attached hydrogen (secondary N) is 1. The summed E-state index contributed by atoms with van der Waals surface area (Å²) in [5, 5.41) is 13.5. The summed E-state index contributed by atoms with van der Waals surface area (Å²) >= 11 is 0. The molecule has 0 spiro atoms. The molecule has 0 amide bonds. The molecule has 21 heavy (non-hydrogen) atoms. The van der Waals surface area contributed by atoms with Crippen molar-refractivity contribution in [3.8, 4) is 5.75 Å². The average Bonchev–Trinajstić information content (AvgIpc) is 2.36. The van der Waals surface area contributed by atoms with Crippen LogP contribution in [0.4, 0.5) is 14.5 Å². The summed E-state index contributed by atoms with van der Waals surface area (Å²) in [7, 11) is 0. The van der Waals surface area contributed by atoms with Crippen molar-refractivity contribution in [2.24, 2.45) is 5.10 Å². The molecule has 0 atom stereocenters. The summed E-state index contributed by atoms with van der Waals surface area (Å²) < 4.78 is 31.0. The molecule has 2 aromatic rings. The highest BCUT2D eigenvalue weighted by Crippen LogP contribution is 2.17. The van der Waals surface area contributed by atoms with E-state index in [1.54, 1.807) is 0 Å². The van der Waals surface area contributed by atoms with Gasteiger partial charge in [0, 0.05) is 12.1 Å². The van der Waals surface area contributed by atoms with Crippen molar-refractivity contribution >= 4 is 11.4 Å². The number of aromatic hydroxyl groups is 1. The van der Waals surface area contributed by atoms with E-state index in [1.165, 1.54) is 26.0 Å². The maximum atomic E-state index is 13.4. The monoisotopic (exact) mass is 294 g/mol. The lowest BCUT2D eigenvalue weighted by atomic mass is 10.2. The van der Waals surface area contributed by atoms with E-state index in [2.05, 4.69) is 10.5 Å². The Morgan fingerprint density at radius 2 is 2.05 bits per heavy atom. The molecule has 5 nitrogen and oxygen atoms in total. The number of hydrazone groups is 1. The van der Waals surface area contributed by atoms with Crippen LogP contribution in [0.5, 0.6) is 5.75 Å². The third-order valence-corrected chi connectivity index (χ3v) is 2.69. The minimum atomic E-state index is -0.827. The smallest absolute Gasteiger partial charge is 0.348 e. The molecule has 110 valence electrons. The summed E-state index contributed by atoms with van der Waals surface area (Å²) in [6.07, 6.45) is 0. The molecule has 0 radical (unpaired) electrons. The van der Waals surface area contributed by atoms with E-state index in [1.807, 2.05) is 0 Å². The Labute approximate surface area is 118 Å². The van der Waals surface area contributed by atoms with Gasteiger partial charge in [-0.15, -0.1) is 0 Å². The van der Waals surface area contributed by atoms with Gasteiger partial charge in [-0.1, -0.05) is 0 Å². The number of rotatable bonds is 3. The summed E-state index contributed by atoms with van der Waals surface area (Å²) in [6, 6.07) is 4.20. The van der Waals surface area contributed by atoms with Gasteiger partial charge >= 0.3 is 5.63 Å². The molecular formula is C14H12F2N2O3. The Kier molecular flexibility index (Phi) is 4.02. The van der Waals surface area contributed by atoms with Crippen molar-refractivity contribution in [3.05, 3.63) is 57.6 Å². The topological polar surface area (TPSA) is 74.8 Å². The first-order chi connectivity index (χ1) is 9.88. The van der Waals surface area contributed by atoms with Gasteiger partial charge in [0.05, 0.1) is 11.4 Å². The third kappa shape index (κ3) is 3.25. The molecule has 7 heteroatoms. The van der Waals surface area contributed by atoms with Gasteiger partial charge in [-0.25, -0.2) is 13.6 Å². The molecule has 0 aliphatic carbocycles. The van der Waals surface area contributed by atoms with Crippen molar-refractivity contribution in [2.45, 2.75) is 13.8 Å². The van der Waals surface area contributed by atoms with E-state index in [0.29, 0.717) is 6.07 Å². The van der Waals surface area contributed by atoms with Gasteiger partial charge in [0.25, 0.3) is 0 Å².